The summed E-state index contributed by atoms with van der Waals surface area (Å²) in [5, 5.41) is 0. The molecule has 0 unspecified atom stereocenters. The standard InChI is InChI=1S/C8H13F3N2/c9-8(10,11)4-1-5-13-7(12)6-2-3-6/h6H,1-5H2,(H2,12,13). The zero-order chi connectivity index (χ0) is 9.90. The zero-order valence-corrected chi connectivity index (χ0v) is 7.27. The molecule has 0 aromatic carbocycles. The molecule has 0 aliphatic heterocycles. The van der Waals surface area contributed by atoms with Gasteiger partial charge in [-0.25, -0.2) is 0 Å². The van der Waals surface area contributed by atoms with Crippen LogP contribution in [-0.4, -0.2) is 18.6 Å². The van der Waals surface area contributed by atoms with Gasteiger partial charge in [0.1, 0.15) is 0 Å². The van der Waals surface area contributed by atoms with Gasteiger partial charge in [0.15, 0.2) is 0 Å². The van der Waals surface area contributed by atoms with Crippen molar-refractivity contribution in [3.8, 4) is 0 Å². The quantitative estimate of drug-likeness (QED) is 0.415. The third kappa shape index (κ3) is 4.75. The highest BCUT2D eigenvalue weighted by atomic mass is 19.4. The molecule has 0 spiro atoms. The van der Waals surface area contributed by atoms with Gasteiger partial charge in [0.2, 0.25) is 0 Å². The molecule has 5 heteroatoms. The second kappa shape index (κ2) is 3.98. The van der Waals surface area contributed by atoms with Gasteiger partial charge < -0.3 is 5.73 Å². The van der Waals surface area contributed by atoms with Gasteiger partial charge in [-0.05, 0) is 19.3 Å². The fourth-order valence-corrected chi connectivity index (χ4v) is 0.996. The average Bonchev–Trinajstić information content (AvgIpc) is 2.77. The SMILES string of the molecule is NC(=NCCCC(F)(F)F)C1CC1. The van der Waals surface area contributed by atoms with Crippen molar-refractivity contribution in [2.45, 2.75) is 31.9 Å². The molecule has 1 fully saturated rings. The first kappa shape index (κ1) is 10.3. The van der Waals surface area contributed by atoms with E-state index in [-0.39, 0.29) is 13.0 Å². The van der Waals surface area contributed by atoms with Gasteiger partial charge in [-0.2, -0.15) is 13.2 Å². The summed E-state index contributed by atoms with van der Waals surface area (Å²) in [5.74, 6) is 0.882. The number of hydrogen-bond donors (Lipinski definition) is 1. The number of nitrogens with zero attached hydrogens (tertiary/aromatic N) is 1. The van der Waals surface area contributed by atoms with E-state index in [9.17, 15) is 13.2 Å². The van der Waals surface area contributed by atoms with Gasteiger partial charge >= 0.3 is 6.18 Å². The summed E-state index contributed by atoms with van der Waals surface area (Å²) in [4.78, 5) is 3.88. The molecule has 0 amide bonds. The Bertz CT molecular complexity index is 194. The molecule has 13 heavy (non-hydrogen) atoms. The molecule has 0 aromatic rings. The van der Waals surface area contributed by atoms with E-state index in [4.69, 9.17) is 5.73 Å². The van der Waals surface area contributed by atoms with Gasteiger partial charge in [-0.1, -0.05) is 0 Å². The highest BCUT2D eigenvalue weighted by molar-refractivity contribution is 5.84. The van der Waals surface area contributed by atoms with Crippen molar-refractivity contribution >= 4 is 5.84 Å². The molecule has 2 nitrogen and oxygen atoms in total. The second-order valence-corrected chi connectivity index (χ2v) is 3.30. The third-order valence-corrected chi connectivity index (χ3v) is 1.91. The predicted octanol–water partition coefficient (Wildman–Crippen LogP) is 2.10. The van der Waals surface area contributed by atoms with Crippen LogP contribution in [0.4, 0.5) is 13.2 Å². The van der Waals surface area contributed by atoms with Crippen LogP contribution in [-0.2, 0) is 0 Å². The summed E-state index contributed by atoms with van der Waals surface area (Å²) >= 11 is 0. The smallest absolute Gasteiger partial charge is 0.387 e. The summed E-state index contributed by atoms with van der Waals surface area (Å²) in [6.07, 6.45) is -2.72. The fourth-order valence-electron chi connectivity index (χ4n) is 0.996. The van der Waals surface area contributed by atoms with Gasteiger partial charge in [-0.15, -0.1) is 0 Å². The molecule has 1 saturated carbocycles. The fraction of sp³-hybridized carbons (Fsp3) is 0.875. The Balaban J connectivity index is 2.09. The minimum absolute atomic E-state index is 0.0386. The van der Waals surface area contributed by atoms with Crippen LogP contribution in [0.3, 0.4) is 0 Å². The largest absolute Gasteiger partial charge is 0.389 e. The number of hydrogen-bond acceptors (Lipinski definition) is 1. The number of halogens is 3. The van der Waals surface area contributed by atoms with E-state index in [0.717, 1.165) is 12.8 Å². The van der Waals surface area contributed by atoms with Crippen molar-refractivity contribution in [2.24, 2.45) is 16.6 Å². The molecule has 0 saturated heterocycles. The van der Waals surface area contributed by atoms with Crippen LogP contribution in [0.15, 0.2) is 4.99 Å². The van der Waals surface area contributed by atoms with Crippen molar-refractivity contribution in [1.29, 1.82) is 0 Å². The highest BCUT2D eigenvalue weighted by Crippen LogP contribution is 2.28. The van der Waals surface area contributed by atoms with Gasteiger partial charge in [-0.3, -0.25) is 4.99 Å². The monoisotopic (exact) mass is 194 g/mol. The average molecular weight is 194 g/mol. The summed E-state index contributed by atoms with van der Waals surface area (Å²) in [6, 6.07) is 0. The lowest BCUT2D eigenvalue weighted by Gasteiger charge is -2.03. The predicted molar refractivity (Wildman–Crippen MR) is 44.5 cm³/mol. The summed E-state index contributed by atoms with van der Waals surface area (Å²) < 4.78 is 35.0. The zero-order valence-electron chi connectivity index (χ0n) is 7.27. The van der Waals surface area contributed by atoms with Crippen LogP contribution < -0.4 is 5.73 Å². The maximum atomic E-state index is 11.7. The maximum Gasteiger partial charge on any atom is 0.389 e. The van der Waals surface area contributed by atoms with Gasteiger partial charge in [0.05, 0.1) is 5.84 Å². The Morgan fingerprint density at radius 3 is 2.46 bits per heavy atom. The number of amidine groups is 1. The van der Waals surface area contributed by atoms with Crippen LogP contribution >= 0.6 is 0 Å². The van der Waals surface area contributed by atoms with Crippen molar-refractivity contribution in [3.63, 3.8) is 0 Å². The summed E-state index contributed by atoms with van der Waals surface area (Å²) in [6.45, 7) is 0.196. The van der Waals surface area contributed by atoms with Crippen molar-refractivity contribution < 1.29 is 13.2 Å². The van der Waals surface area contributed by atoms with E-state index in [1.807, 2.05) is 0 Å². The van der Waals surface area contributed by atoms with Crippen molar-refractivity contribution in [3.05, 3.63) is 0 Å². The molecular weight excluding hydrogens is 181 g/mol. The highest BCUT2D eigenvalue weighted by Gasteiger charge is 2.27. The molecule has 2 N–H and O–H groups in total. The first-order valence-electron chi connectivity index (χ1n) is 4.35. The lowest BCUT2D eigenvalue weighted by Crippen LogP contribution is -2.15. The molecule has 1 aliphatic rings. The van der Waals surface area contributed by atoms with E-state index in [2.05, 4.69) is 4.99 Å². The molecule has 0 bridgehead atoms. The minimum atomic E-state index is -4.07. The number of aliphatic imine (C=N–C) groups is 1. The van der Waals surface area contributed by atoms with E-state index in [1.54, 1.807) is 0 Å². The molecular formula is C8H13F3N2. The molecule has 76 valence electrons. The van der Waals surface area contributed by atoms with Crippen LogP contribution in [0.25, 0.3) is 0 Å². The van der Waals surface area contributed by atoms with E-state index < -0.39 is 12.6 Å². The van der Waals surface area contributed by atoms with E-state index in [0.29, 0.717) is 11.8 Å². The Kier molecular flexibility index (Phi) is 3.17. The van der Waals surface area contributed by atoms with Crippen molar-refractivity contribution in [1.82, 2.24) is 0 Å². The molecule has 0 atom stereocenters. The lowest BCUT2D eigenvalue weighted by atomic mass is 10.3. The van der Waals surface area contributed by atoms with Crippen LogP contribution in [0, 0.1) is 5.92 Å². The van der Waals surface area contributed by atoms with Crippen LogP contribution in [0.1, 0.15) is 25.7 Å². The lowest BCUT2D eigenvalue weighted by molar-refractivity contribution is -0.134. The Labute approximate surface area is 75.0 Å². The molecule has 0 radical (unpaired) electrons. The maximum absolute atomic E-state index is 11.7. The third-order valence-electron chi connectivity index (χ3n) is 1.91. The Hall–Kier alpha value is -0.740. The summed E-state index contributed by atoms with van der Waals surface area (Å²) in [7, 11) is 0. The first-order valence-corrected chi connectivity index (χ1v) is 4.35. The molecule has 1 aliphatic carbocycles. The number of alkyl halides is 3. The first-order chi connectivity index (χ1) is 5.99. The van der Waals surface area contributed by atoms with E-state index >= 15 is 0 Å². The Morgan fingerprint density at radius 2 is 2.00 bits per heavy atom. The Morgan fingerprint density at radius 1 is 1.38 bits per heavy atom. The van der Waals surface area contributed by atoms with Gasteiger partial charge in [0, 0.05) is 18.9 Å². The number of rotatable bonds is 4. The van der Waals surface area contributed by atoms with E-state index in [1.165, 1.54) is 0 Å². The van der Waals surface area contributed by atoms with Crippen molar-refractivity contribution in [2.75, 3.05) is 6.54 Å². The summed E-state index contributed by atoms with van der Waals surface area (Å²) in [5.41, 5.74) is 5.50. The number of nitrogens with two attached hydrogens (primary N) is 1. The molecule has 0 aromatic heterocycles. The normalized spacial score (nSPS) is 19.2. The van der Waals surface area contributed by atoms with Crippen LogP contribution in [0.2, 0.25) is 0 Å². The molecule has 0 heterocycles. The minimum Gasteiger partial charge on any atom is -0.387 e. The second-order valence-electron chi connectivity index (χ2n) is 3.30. The van der Waals surface area contributed by atoms with Crippen LogP contribution in [0.5, 0.6) is 0 Å². The van der Waals surface area contributed by atoms with Gasteiger partial charge in [0.25, 0.3) is 0 Å². The topological polar surface area (TPSA) is 38.4 Å². The molecule has 1 rings (SSSR count).